The van der Waals surface area contributed by atoms with Crippen LogP contribution in [0.1, 0.15) is 54.4 Å². The Morgan fingerprint density at radius 1 is 1.10 bits per heavy atom. The Labute approximate surface area is 183 Å². The van der Waals surface area contributed by atoms with Crippen molar-refractivity contribution in [1.29, 1.82) is 0 Å². The first-order valence-corrected chi connectivity index (χ1v) is 13.0. The number of benzene rings is 1. The third-order valence-corrected chi connectivity index (χ3v) is 9.35. The van der Waals surface area contributed by atoms with E-state index in [1.165, 1.54) is 0 Å². The molecule has 9 heteroatoms. The van der Waals surface area contributed by atoms with Gasteiger partial charge in [0.05, 0.1) is 12.2 Å². The van der Waals surface area contributed by atoms with Crippen LogP contribution in [0.4, 0.5) is 5.69 Å². The molecule has 0 radical (unpaired) electrons. The highest BCUT2D eigenvalue weighted by atomic mass is 32.2. The quantitative estimate of drug-likeness (QED) is 0.631. The molecule has 168 valence electrons. The van der Waals surface area contributed by atoms with Gasteiger partial charge in [-0.2, -0.15) is 4.31 Å². The van der Waals surface area contributed by atoms with Crippen molar-refractivity contribution in [3.8, 4) is 0 Å². The number of piperidine rings is 2. The minimum Gasteiger partial charge on any atom is -0.349 e. The highest BCUT2D eigenvalue weighted by Crippen LogP contribution is 2.39. The normalized spacial score (nSPS) is 28.9. The summed E-state index contributed by atoms with van der Waals surface area (Å²) in [4.78, 5) is 24.4. The molecule has 0 aromatic heterocycles. The first kappa shape index (κ1) is 20.9. The lowest BCUT2D eigenvalue weighted by atomic mass is 9.99. The maximum Gasteiger partial charge on any atom is 0.251 e. The number of nitrogens with zero attached hydrogens (tertiary/aromatic N) is 1. The average molecular weight is 447 g/mol. The van der Waals surface area contributed by atoms with Gasteiger partial charge in [0.15, 0.2) is 0 Å². The number of sulfonamides is 1. The molecule has 1 unspecified atom stereocenters. The lowest BCUT2D eigenvalue weighted by Gasteiger charge is -2.39. The summed E-state index contributed by atoms with van der Waals surface area (Å²) in [6.45, 7) is 1.79. The van der Waals surface area contributed by atoms with Crippen molar-refractivity contribution in [3.63, 3.8) is 0 Å². The van der Waals surface area contributed by atoms with E-state index in [9.17, 15) is 18.0 Å². The van der Waals surface area contributed by atoms with Gasteiger partial charge in [0.2, 0.25) is 15.9 Å². The van der Waals surface area contributed by atoms with Gasteiger partial charge in [0.25, 0.3) is 5.91 Å². The van der Waals surface area contributed by atoms with Crippen LogP contribution < -0.4 is 16.0 Å². The Morgan fingerprint density at radius 2 is 1.81 bits per heavy atom. The molecule has 3 saturated heterocycles. The maximum absolute atomic E-state index is 13.2. The van der Waals surface area contributed by atoms with Crippen LogP contribution in [0.3, 0.4) is 0 Å². The van der Waals surface area contributed by atoms with Gasteiger partial charge >= 0.3 is 0 Å². The second-order valence-electron chi connectivity index (χ2n) is 9.43. The van der Waals surface area contributed by atoms with E-state index in [0.717, 1.165) is 50.0 Å². The second-order valence-corrected chi connectivity index (χ2v) is 11.3. The number of nitrogens with one attached hydrogen (secondary N) is 3. The van der Waals surface area contributed by atoms with E-state index in [1.54, 1.807) is 22.5 Å². The Bertz CT molecular complexity index is 975. The molecule has 4 heterocycles. The third kappa shape index (κ3) is 4.23. The Kier molecular flexibility index (Phi) is 5.52. The number of rotatable bonds is 5. The van der Waals surface area contributed by atoms with Gasteiger partial charge < -0.3 is 16.0 Å². The summed E-state index contributed by atoms with van der Waals surface area (Å²) in [5.74, 6) is 0.282. The molecule has 31 heavy (non-hydrogen) atoms. The first-order chi connectivity index (χ1) is 14.9. The van der Waals surface area contributed by atoms with E-state index >= 15 is 0 Å². The zero-order valence-electron chi connectivity index (χ0n) is 17.6. The predicted octanol–water partition coefficient (Wildman–Crippen LogP) is 1.24. The molecule has 2 amide bonds. The van der Waals surface area contributed by atoms with Crippen molar-refractivity contribution < 1.29 is 18.0 Å². The number of carbonyl (C=O) groups is 2. The molecule has 4 aliphatic rings. The van der Waals surface area contributed by atoms with Crippen LogP contribution in [0.25, 0.3) is 0 Å². The zero-order chi connectivity index (χ0) is 21.6. The fraction of sp³-hybridized carbons (Fsp3) is 0.636. The van der Waals surface area contributed by atoms with Crippen molar-refractivity contribution >= 4 is 27.5 Å². The number of anilines is 1. The standard InChI is InChI=1S/C22H30N4O4S/c27-21-10-16-9-15(1-4-20(16)25-21)22(28)24-17-11-18-2-3-19(12-17)26(18)31(29,30)13-14-5-7-23-8-6-14/h1,4,9,14,17-19,23H,2-3,5-8,10-13H2,(H,24,28)(H,25,27)/t17?,18-,19+. The molecule has 2 bridgehead atoms. The lowest BCUT2D eigenvalue weighted by molar-refractivity contribution is -0.115. The number of hydrogen-bond donors (Lipinski definition) is 3. The Hall–Kier alpha value is -1.97. The molecule has 3 atom stereocenters. The van der Waals surface area contributed by atoms with Gasteiger partial charge in [0.1, 0.15) is 0 Å². The van der Waals surface area contributed by atoms with E-state index < -0.39 is 10.0 Å². The fourth-order valence-electron chi connectivity index (χ4n) is 5.78. The summed E-state index contributed by atoms with van der Waals surface area (Å²) in [6.07, 6.45) is 5.21. The molecule has 4 aliphatic heterocycles. The third-order valence-electron chi connectivity index (χ3n) is 7.22. The average Bonchev–Trinajstić information content (AvgIpc) is 3.24. The summed E-state index contributed by atoms with van der Waals surface area (Å²) < 4.78 is 28.2. The predicted molar refractivity (Wildman–Crippen MR) is 117 cm³/mol. The number of carbonyl (C=O) groups excluding carboxylic acids is 2. The fourth-order valence-corrected chi connectivity index (χ4v) is 8.17. The molecule has 0 spiro atoms. The van der Waals surface area contributed by atoms with Crippen molar-refractivity contribution in [3.05, 3.63) is 29.3 Å². The number of fused-ring (bicyclic) bond motifs is 3. The highest BCUT2D eigenvalue weighted by Gasteiger charge is 2.47. The maximum atomic E-state index is 13.2. The Morgan fingerprint density at radius 3 is 2.52 bits per heavy atom. The molecule has 0 saturated carbocycles. The van der Waals surface area contributed by atoms with Gasteiger partial charge in [-0.3, -0.25) is 9.59 Å². The van der Waals surface area contributed by atoms with Crippen LogP contribution in [0.5, 0.6) is 0 Å². The minimum absolute atomic E-state index is 0.0161. The van der Waals surface area contributed by atoms with Crippen LogP contribution in [0.2, 0.25) is 0 Å². The molecular weight excluding hydrogens is 416 g/mol. The van der Waals surface area contributed by atoms with Crippen LogP contribution in [0, 0.1) is 5.92 Å². The first-order valence-electron chi connectivity index (χ1n) is 11.3. The van der Waals surface area contributed by atoms with E-state index in [0.29, 0.717) is 24.8 Å². The van der Waals surface area contributed by atoms with Crippen molar-refractivity contribution in [1.82, 2.24) is 14.9 Å². The van der Waals surface area contributed by atoms with Crippen LogP contribution in [-0.2, 0) is 21.2 Å². The summed E-state index contributed by atoms with van der Waals surface area (Å²) in [5, 5.41) is 9.19. The van der Waals surface area contributed by atoms with E-state index in [-0.39, 0.29) is 41.6 Å². The Balaban J connectivity index is 1.22. The largest absolute Gasteiger partial charge is 0.349 e. The smallest absolute Gasteiger partial charge is 0.251 e. The van der Waals surface area contributed by atoms with E-state index in [1.807, 2.05) is 0 Å². The molecule has 1 aromatic rings. The molecule has 1 aromatic carbocycles. The number of hydrogen-bond acceptors (Lipinski definition) is 5. The molecule has 3 N–H and O–H groups in total. The van der Waals surface area contributed by atoms with Crippen LogP contribution >= 0.6 is 0 Å². The SMILES string of the molecule is O=C1Cc2cc(C(=O)NC3C[C@H]4CC[C@@H](C3)N4S(=O)(=O)CC3CCNCC3)ccc2N1. The van der Waals surface area contributed by atoms with Gasteiger partial charge in [-0.15, -0.1) is 0 Å². The van der Waals surface area contributed by atoms with E-state index in [2.05, 4.69) is 16.0 Å². The van der Waals surface area contributed by atoms with Crippen molar-refractivity contribution in [2.24, 2.45) is 5.92 Å². The van der Waals surface area contributed by atoms with Gasteiger partial charge in [-0.05, 0) is 81.3 Å². The molecule has 3 fully saturated rings. The molecule has 5 rings (SSSR count). The zero-order valence-corrected chi connectivity index (χ0v) is 18.4. The van der Waals surface area contributed by atoms with Crippen LogP contribution in [-0.4, -0.2) is 61.5 Å². The van der Waals surface area contributed by atoms with E-state index in [4.69, 9.17) is 0 Å². The topological polar surface area (TPSA) is 108 Å². The van der Waals surface area contributed by atoms with Gasteiger partial charge in [-0.25, -0.2) is 8.42 Å². The highest BCUT2D eigenvalue weighted by molar-refractivity contribution is 7.89. The van der Waals surface area contributed by atoms with Gasteiger partial charge in [0, 0.05) is 29.4 Å². The summed E-state index contributed by atoms with van der Waals surface area (Å²) >= 11 is 0. The summed E-state index contributed by atoms with van der Waals surface area (Å²) in [5.41, 5.74) is 2.16. The molecular formula is C22H30N4O4S. The van der Waals surface area contributed by atoms with Crippen molar-refractivity contribution in [2.75, 3.05) is 24.2 Å². The molecule has 8 nitrogen and oxygen atoms in total. The van der Waals surface area contributed by atoms with Crippen LogP contribution in [0.15, 0.2) is 18.2 Å². The van der Waals surface area contributed by atoms with Gasteiger partial charge in [-0.1, -0.05) is 0 Å². The minimum atomic E-state index is -3.28. The second kappa shape index (κ2) is 8.18. The van der Waals surface area contributed by atoms with Crippen molar-refractivity contribution in [2.45, 2.75) is 63.1 Å². The number of amides is 2. The molecule has 0 aliphatic carbocycles. The summed E-state index contributed by atoms with van der Waals surface area (Å²) in [7, 11) is -3.28. The summed E-state index contributed by atoms with van der Waals surface area (Å²) in [6, 6.07) is 5.22. The lowest BCUT2D eigenvalue weighted by Crippen LogP contribution is -2.53. The monoisotopic (exact) mass is 446 g/mol.